The fourth-order valence-corrected chi connectivity index (χ4v) is 2.80. The van der Waals surface area contributed by atoms with E-state index in [0.717, 1.165) is 34.8 Å². The number of carbonyl (C=O) groups excluding carboxylic acids is 1. The summed E-state index contributed by atoms with van der Waals surface area (Å²) in [6.07, 6.45) is 1.72. The van der Waals surface area contributed by atoms with Crippen LogP contribution < -0.4 is 9.47 Å². The van der Waals surface area contributed by atoms with Crippen LogP contribution in [-0.2, 0) is 0 Å². The highest BCUT2D eigenvalue weighted by Crippen LogP contribution is 2.35. The number of ether oxygens (including phenoxy) is 2. The highest BCUT2D eigenvalue weighted by Gasteiger charge is 2.15. The molecule has 0 aliphatic carbocycles. The van der Waals surface area contributed by atoms with E-state index in [1.54, 1.807) is 0 Å². The first-order chi connectivity index (χ1) is 9.28. The van der Waals surface area contributed by atoms with Crippen molar-refractivity contribution in [3.8, 4) is 22.8 Å². The fourth-order valence-electron chi connectivity index (χ4n) is 2.04. The number of aryl methyl sites for hydroxylation is 1. The van der Waals surface area contributed by atoms with Crippen LogP contribution in [0.2, 0.25) is 0 Å². The quantitative estimate of drug-likeness (QED) is 0.790. The Morgan fingerprint density at radius 3 is 2.84 bits per heavy atom. The van der Waals surface area contributed by atoms with E-state index in [2.05, 4.69) is 4.98 Å². The zero-order valence-electron chi connectivity index (χ0n) is 10.5. The second-order valence-electron chi connectivity index (χ2n) is 4.28. The molecule has 0 atom stereocenters. The number of hydrogen-bond donors (Lipinski definition) is 0. The summed E-state index contributed by atoms with van der Waals surface area (Å²) in [4.78, 5) is 16.1. The Morgan fingerprint density at radius 2 is 2.05 bits per heavy atom. The summed E-state index contributed by atoms with van der Waals surface area (Å²) in [5, 5.41) is 0.879. The summed E-state index contributed by atoms with van der Waals surface area (Å²) in [6.45, 7) is 3.21. The zero-order chi connectivity index (χ0) is 13.2. The van der Waals surface area contributed by atoms with Gasteiger partial charge >= 0.3 is 0 Å². The molecule has 4 nitrogen and oxygen atoms in total. The van der Waals surface area contributed by atoms with Gasteiger partial charge in [0, 0.05) is 12.0 Å². The highest BCUT2D eigenvalue weighted by atomic mass is 32.1. The monoisotopic (exact) mass is 275 g/mol. The Balaban J connectivity index is 2.05. The third-order valence-electron chi connectivity index (χ3n) is 2.89. The number of aromatic nitrogens is 1. The van der Waals surface area contributed by atoms with E-state index in [1.165, 1.54) is 11.3 Å². The largest absolute Gasteiger partial charge is 0.490 e. The molecule has 1 aromatic heterocycles. The summed E-state index contributed by atoms with van der Waals surface area (Å²) in [7, 11) is 0. The van der Waals surface area contributed by atoms with E-state index >= 15 is 0 Å². The lowest BCUT2D eigenvalue weighted by Gasteiger charge is -2.08. The maximum absolute atomic E-state index is 11.1. The first-order valence-corrected chi connectivity index (χ1v) is 6.92. The maximum atomic E-state index is 11.1. The van der Waals surface area contributed by atoms with Gasteiger partial charge in [-0.05, 0) is 25.1 Å². The van der Waals surface area contributed by atoms with Crippen LogP contribution >= 0.6 is 11.3 Å². The minimum atomic E-state index is 0.645. The van der Waals surface area contributed by atoms with Gasteiger partial charge in [-0.2, -0.15) is 0 Å². The molecule has 19 heavy (non-hydrogen) atoms. The van der Waals surface area contributed by atoms with Crippen LogP contribution in [-0.4, -0.2) is 24.5 Å². The number of fused-ring (bicyclic) bond motifs is 1. The van der Waals surface area contributed by atoms with Crippen molar-refractivity contribution in [2.75, 3.05) is 13.2 Å². The van der Waals surface area contributed by atoms with Crippen molar-refractivity contribution in [3.63, 3.8) is 0 Å². The molecule has 0 N–H and O–H groups in total. The van der Waals surface area contributed by atoms with Crippen molar-refractivity contribution in [2.45, 2.75) is 13.3 Å². The van der Waals surface area contributed by atoms with E-state index in [4.69, 9.17) is 9.47 Å². The van der Waals surface area contributed by atoms with Gasteiger partial charge in [-0.3, -0.25) is 4.79 Å². The van der Waals surface area contributed by atoms with Crippen molar-refractivity contribution in [2.24, 2.45) is 0 Å². The maximum Gasteiger partial charge on any atom is 0.162 e. The van der Waals surface area contributed by atoms with Gasteiger partial charge < -0.3 is 9.47 Å². The van der Waals surface area contributed by atoms with Crippen LogP contribution in [0.1, 0.15) is 21.1 Å². The van der Waals surface area contributed by atoms with E-state index in [0.29, 0.717) is 23.8 Å². The van der Waals surface area contributed by atoms with Crippen molar-refractivity contribution in [1.29, 1.82) is 0 Å². The number of rotatable bonds is 2. The van der Waals surface area contributed by atoms with Gasteiger partial charge in [-0.1, -0.05) is 0 Å². The molecule has 3 rings (SSSR count). The molecule has 0 unspecified atom stereocenters. The van der Waals surface area contributed by atoms with Gasteiger partial charge in [0.2, 0.25) is 0 Å². The molecule has 0 spiro atoms. The predicted octanol–water partition coefficient (Wildman–Crippen LogP) is 3.09. The minimum Gasteiger partial charge on any atom is -0.490 e. The van der Waals surface area contributed by atoms with Gasteiger partial charge in [0.05, 0.1) is 28.8 Å². The van der Waals surface area contributed by atoms with E-state index in [1.807, 2.05) is 25.1 Å². The van der Waals surface area contributed by atoms with E-state index < -0.39 is 0 Å². The highest BCUT2D eigenvalue weighted by molar-refractivity contribution is 7.13. The molecular weight excluding hydrogens is 262 g/mol. The molecular formula is C14H13NO3S. The SMILES string of the molecule is Cc1nc(-c2ccc3c(c2)OCCCO3)c(C=O)s1. The number of thiazole rings is 1. The molecule has 0 bridgehead atoms. The van der Waals surface area contributed by atoms with Crippen molar-refractivity contribution in [1.82, 2.24) is 4.98 Å². The first-order valence-electron chi connectivity index (χ1n) is 6.10. The van der Waals surface area contributed by atoms with Gasteiger partial charge in [0.25, 0.3) is 0 Å². The Kier molecular flexibility index (Phi) is 3.21. The summed E-state index contributed by atoms with van der Waals surface area (Å²) >= 11 is 1.40. The molecule has 0 amide bonds. The second-order valence-corrected chi connectivity index (χ2v) is 5.51. The van der Waals surface area contributed by atoms with Crippen LogP contribution in [0.5, 0.6) is 11.5 Å². The van der Waals surface area contributed by atoms with Crippen molar-refractivity contribution in [3.05, 3.63) is 28.1 Å². The third kappa shape index (κ3) is 2.33. The second kappa shape index (κ2) is 5.01. The smallest absolute Gasteiger partial charge is 0.162 e. The molecule has 1 aliphatic heterocycles. The molecule has 1 aliphatic rings. The Hall–Kier alpha value is -1.88. The first kappa shape index (κ1) is 12.2. The molecule has 0 fully saturated rings. The Labute approximate surface area is 115 Å². The van der Waals surface area contributed by atoms with Crippen LogP contribution in [0.3, 0.4) is 0 Å². The summed E-state index contributed by atoms with van der Waals surface area (Å²) in [6, 6.07) is 5.68. The molecule has 0 saturated carbocycles. The molecule has 1 aromatic carbocycles. The summed E-state index contributed by atoms with van der Waals surface area (Å²) < 4.78 is 11.2. The number of carbonyl (C=O) groups is 1. The molecule has 2 heterocycles. The van der Waals surface area contributed by atoms with Crippen LogP contribution in [0.15, 0.2) is 18.2 Å². The average molecular weight is 275 g/mol. The molecule has 98 valence electrons. The molecule has 5 heteroatoms. The third-order valence-corrected chi connectivity index (χ3v) is 3.78. The van der Waals surface area contributed by atoms with Gasteiger partial charge in [0.1, 0.15) is 0 Å². The molecule has 2 aromatic rings. The molecule has 0 radical (unpaired) electrons. The standard InChI is InChI=1S/C14H13NO3S/c1-9-15-14(13(8-16)19-9)10-3-4-11-12(7-10)18-6-2-5-17-11/h3-4,7-8H,2,5-6H2,1H3. The Bertz CT molecular complexity index is 621. The summed E-state index contributed by atoms with van der Waals surface area (Å²) in [5.74, 6) is 1.47. The lowest BCUT2D eigenvalue weighted by molar-refractivity contribution is 0.112. The number of nitrogens with zero attached hydrogens (tertiary/aromatic N) is 1. The lowest BCUT2D eigenvalue weighted by Crippen LogP contribution is -1.97. The number of aldehydes is 1. The fraction of sp³-hybridized carbons (Fsp3) is 0.286. The van der Waals surface area contributed by atoms with Crippen LogP contribution in [0, 0.1) is 6.92 Å². The van der Waals surface area contributed by atoms with Crippen LogP contribution in [0.25, 0.3) is 11.3 Å². The lowest BCUT2D eigenvalue weighted by atomic mass is 10.1. The zero-order valence-corrected chi connectivity index (χ0v) is 11.3. The predicted molar refractivity (Wildman–Crippen MR) is 73.3 cm³/mol. The van der Waals surface area contributed by atoms with Gasteiger partial charge in [-0.15, -0.1) is 11.3 Å². The average Bonchev–Trinajstić information content (AvgIpc) is 2.66. The summed E-state index contributed by atoms with van der Waals surface area (Å²) in [5.41, 5.74) is 1.60. The van der Waals surface area contributed by atoms with E-state index in [-0.39, 0.29) is 0 Å². The normalized spacial score (nSPS) is 13.9. The van der Waals surface area contributed by atoms with Crippen molar-refractivity contribution >= 4 is 17.6 Å². The molecule has 0 saturated heterocycles. The Morgan fingerprint density at radius 1 is 1.26 bits per heavy atom. The van der Waals surface area contributed by atoms with Gasteiger partial charge in [0.15, 0.2) is 17.8 Å². The van der Waals surface area contributed by atoms with Crippen LogP contribution in [0.4, 0.5) is 0 Å². The van der Waals surface area contributed by atoms with E-state index in [9.17, 15) is 4.79 Å². The van der Waals surface area contributed by atoms with Gasteiger partial charge in [-0.25, -0.2) is 4.98 Å². The minimum absolute atomic E-state index is 0.645. The topological polar surface area (TPSA) is 48.4 Å². The van der Waals surface area contributed by atoms with Crippen molar-refractivity contribution < 1.29 is 14.3 Å². The number of hydrogen-bond acceptors (Lipinski definition) is 5. The number of benzene rings is 1.